The van der Waals surface area contributed by atoms with Crippen LogP contribution in [0, 0.1) is 0 Å². The van der Waals surface area contributed by atoms with Gasteiger partial charge in [-0.1, -0.05) is 23.2 Å². The van der Waals surface area contributed by atoms with Crippen molar-refractivity contribution < 1.29 is 34.3 Å². The Morgan fingerprint density at radius 3 is 2.54 bits per heavy atom. The Labute approximate surface area is 162 Å². The Morgan fingerprint density at radius 1 is 1.35 bits per heavy atom. The first-order valence-electron chi connectivity index (χ1n) is 8.04. The molecule has 148 valence electrons. The van der Waals surface area contributed by atoms with Crippen LogP contribution in [0.1, 0.15) is 26.7 Å². The molecule has 2 rings (SSSR count). The molecule has 26 heavy (non-hydrogen) atoms. The predicted octanol–water partition coefficient (Wildman–Crippen LogP) is 2.16. The third kappa shape index (κ3) is 10.2. The summed E-state index contributed by atoms with van der Waals surface area (Å²) in [4.78, 5) is 11.5. The Bertz CT molecular complexity index is 569. The summed E-state index contributed by atoms with van der Waals surface area (Å²) in [5.74, 6) is -1.64. The van der Waals surface area contributed by atoms with Crippen LogP contribution in [0.3, 0.4) is 0 Å². The molecule has 3 N–H and O–H groups in total. The van der Waals surface area contributed by atoms with Crippen LogP contribution in [-0.4, -0.2) is 59.1 Å². The van der Waals surface area contributed by atoms with Gasteiger partial charge >= 0.3 is 5.97 Å². The molecular weight excluding hydrogens is 387 g/mol. The number of benzene rings is 1. The number of hydrogen-bond donors (Lipinski definition) is 3. The van der Waals surface area contributed by atoms with Gasteiger partial charge in [0.15, 0.2) is 12.4 Å². The predicted molar refractivity (Wildman–Crippen MR) is 96.4 cm³/mol. The Kier molecular flexibility index (Phi) is 9.63. The quantitative estimate of drug-likeness (QED) is 0.487. The molecule has 0 radical (unpaired) electrons. The number of ether oxygens (including phenoxy) is 3. The second kappa shape index (κ2) is 10.9. The highest BCUT2D eigenvalue weighted by Crippen LogP contribution is 2.27. The summed E-state index contributed by atoms with van der Waals surface area (Å²) in [6.07, 6.45) is 0.350. The van der Waals surface area contributed by atoms with Crippen molar-refractivity contribution in [2.45, 2.75) is 44.7 Å². The second-order valence-corrected chi connectivity index (χ2v) is 6.98. The van der Waals surface area contributed by atoms with Crippen molar-refractivity contribution in [2.24, 2.45) is 0 Å². The van der Waals surface area contributed by atoms with Crippen LogP contribution in [0.25, 0.3) is 0 Å². The first-order chi connectivity index (χ1) is 12.1. The largest absolute Gasteiger partial charge is 0.480 e. The van der Waals surface area contributed by atoms with Gasteiger partial charge in [0.2, 0.25) is 0 Å². The van der Waals surface area contributed by atoms with Crippen LogP contribution >= 0.6 is 23.2 Å². The zero-order chi connectivity index (χ0) is 19.7. The van der Waals surface area contributed by atoms with E-state index in [0.717, 1.165) is 0 Å². The lowest BCUT2D eigenvalue weighted by Crippen LogP contribution is -2.24. The first kappa shape index (κ1) is 23.0. The molecule has 0 saturated carbocycles. The Morgan fingerprint density at radius 2 is 2.00 bits per heavy atom. The lowest BCUT2D eigenvalue weighted by Gasteiger charge is -2.13. The molecule has 1 aromatic carbocycles. The molecule has 1 heterocycles. The third-order valence-electron chi connectivity index (χ3n) is 3.08. The molecule has 1 aliphatic rings. The van der Waals surface area contributed by atoms with Gasteiger partial charge in [0, 0.05) is 18.1 Å². The van der Waals surface area contributed by atoms with E-state index in [-0.39, 0.29) is 19.3 Å². The second-order valence-electron chi connectivity index (χ2n) is 6.13. The number of halogens is 2. The van der Waals surface area contributed by atoms with Crippen LogP contribution in [-0.2, 0) is 14.3 Å². The van der Waals surface area contributed by atoms with E-state index >= 15 is 0 Å². The van der Waals surface area contributed by atoms with Crippen molar-refractivity contribution in [1.29, 1.82) is 0 Å². The van der Waals surface area contributed by atoms with E-state index in [1.54, 1.807) is 12.1 Å². The lowest BCUT2D eigenvalue weighted by molar-refractivity contribution is -0.147. The van der Waals surface area contributed by atoms with Gasteiger partial charge in [-0.3, -0.25) is 0 Å². The monoisotopic (exact) mass is 410 g/mol. The minimum Gasteiger partial charge on any atom is -0.480 e. The number of carbonyl (C=O) groups excluding carboxylic acids is 1. The molecule has 0 spiro atoms. The maximum Gasteiger partial charge on any atom is 0.344 e. The molecule has 0 amide bonds. The summed E-state index contributed by atoms with van der Waals surface area (Å²) in [6, 6.07) is 4.73. The fourth-order valence-electron chi connectivity index (χ4n) is 1.97. The third-order valence-corrected chi connectivity index (χ3v) is 3.61. The molecule has 1 saturated heterocycles. The van der Waals surface area contributed by atoms with E-state index in [4.69, 9.17) is 47.6 Å². The summed E-state index contributed by atoms with van der Waals surface area (Å²) in [6.45, 7) is 3.08. The minimum absolute atomic E-state index is 0.179. The molecule has 2 unspecified atom stereocenters. The average molecular weight is 411 g/mol. The maximum absolute atomic E-state index is 11.5. The van der Waals surface area contributed by atoms with Crippen molar-refractivity contribution in [3.8, 4) is 5.75 Å². The number of aliphatic hydroxyl groups is 3. The molecular formula is C17H24Cl2O7. The molecule has 9 heteroatoms. The summed E-state index contributed by atoms with van der Waals surface area (Å²) in [5, 5.41) is 26.5. The van der Waals surface area contributed by atoms with Crippen LogP contribution in [0.4, 0.5) is 0 Å². The molecule has 0 bridgehead atoms. The number of aliphatic hydroxyl groups excluding tert-OH is 1. The zero-order valence-corrected chi connectivity index (χ0v) is 16.2. The van der Waals surface area contributed by atoms with Crippen molar-refractivity contribution in [2.75, 3.05) is 19.8 Å². The Hall–Kier alpha value is -1.09. The minimum atomic E-state index is -1.50. The van der Waals surface area contributed by atoms with Gasteiger partial charge in [-0.2, -0.15) is 0 Å². The summed E-state index contributed by atoms with van der Waals surface area (Å²) >= 11 is 11.7. The van der Waals surface area contributed by atoms with Gasteiger partial charge in [-0.15, -0.1) is 0 Å². The topological polar surface area (TPSA) is 105 Å². The van der Waals surface area contributed by atoms with Crippen LogP contribution < -0.4 is 4.74 Å². The van der Waals surface area contributed by atoms with E-state index in [1.807, 2.05) is 0 Å². The highest BCUT2D eigenvalue weighted by Gasteiger charge is 2.26. The lowest BCUT2D eigenvalue weighted by atomic mass is 10.1. The summed E-state index contributed by atoms with van der Waals surface area (Å²) in [7, 11) is 0. The highest BCUT2D eigenvalue weighted by molar-refractivity contribution is 6.35. The smallest absolute Gasteiger partial charge is 0.344 e. The van der Waals surface area contributed by atoms with Gasteiger partial charge in [-0.05, 0) is 38.5 Å². The number of carbonyl (C=O) groups is 1. The molecule has 0 aliphatic carbocycles. The van der Waals surface area contributed by atoms with E-state index < -0.39 is 17.9 Å². The fourth-order valence-corrected chi connectivity index (χ4v) is 2.44. The molecule has 1 aliphatic heterocycles. The van der Waals surface area contributed by atoms with E-state index in [9.17, 15) is 9.90 Å². The van der Waals surface area contributed by atoms with Gasteiger partial charge in [0.05, 0.1) is 23.8 Å². The van der Waals surface area contributed by atoms with E-state index in [2.05, 4.69) is 0 Å². The number of rotatable bonds is 6. The van der Waals surface area contributed by atoms with E-state index in [0.29, 0.717) is 35.2 Å². The van der Waals surface area contributed by atoms with Crippen molar-refractivity contribution in [1.82, 2.24) is 0 Å². The normalized spacial score (nSPS) is 19.5. The fraction of sp³-hybridized carbons (Fsp3) is 0.588. The standard InChI is InChI=1S/C14H16Cl2O5.C3H8O2/c15-9-1-2-12(10(16)7-9)21-8-14(18)20-6-4-13-11(17)3-5-19-13;1-3(2,4)5/h1-2,7,11,13,17H,3-6,8H2;4-5H,1-2H3. The maximum atomic E-state index is 11.5. The van der Waals surface area contributed by atoms with Gasteiger partial charge in [-0.25, -0.2) is 4.79 Å². The summed E-state index contributed by atoms with van der Waals surface area (Å²) < 4.78 is 15.6. The van der Waals surface area contributed by atoms with Crippen molar-refractivity contribution >= 4 is 29.2 Å². The van der Waals surface area contributed by atoms with Crippen molar-refractivity contribution in [3.05, 3.63) is 28.2 Å². The van der Waals surface area contributed by atoms with Crippen LogP contribution in [0.15, 0.2) is 18.2 Å². The number of esters is 1. The molecule has 2 atom stereocenters. The van der Waals surface area contributed by atoms with Crippen LogP contribution in [0.5, 0.6) is 5.75 Å². The van der Waals surface area contributed by atoms with Gasteiger partial charge < -0.3 is 29.5 Å². The Balaban J connectivity index is 0.000000597. The van der Waals surface area contributed by atoms with E-state index in [1.165, 1.54) is 19.9 Å². The van der Waals surface area contributed by atoms with Crippen molar-refractivity contribution in [3.63, 3.8) is 0 Å². The molecule has 7 nitrogen and oxygen atoms in total. The van der Waals surface area contributed by atoms with Gasteiger partial charge in [0.1, 0.15) is 5.75 Å². The summed E-state index contributed by atoms with van der Waals surface area (Å²) in [5.41, 5.74) is 0. The van der Waals surface area contributed by atoms with Gasteiger partial charge in [0.25, 0.3) is 0 Å². The average Bonchev–Trinajstić information content (AvgIpc) is 2.90. The number of hydrogen-bond acceptors (Lipinski definition) is 7. The molecule has 0 aromatic heterocycles. The molecule has 1 aromatic rings. The highest BCUT2D eigenvalue weighted by atomic mass is 35.5. The first-order valence-corrected chi connectivity index (χ1v) is 8.79. The van der Waals surface area contributed by atoms with Crippen LogP contribution in [0.2, 0.25) is 10.0 Å². The molecule has 1 fully saturated rings. The SMILES string of the molecule is CC(C)(O)O.O=C(COc1ccc(Cl)cc1Cl)OCCC1OCCC1O. The zero-order valence-electron chi connectivity index (χ0n) is 14.7.